The molecule has 0 heterocycles. The molecule has 1 aromatic rings. The van der Waals surface area contributed by atoms with Crippen LogP contribution in [0.5, 0.6) is 0 Å². The second-order valence-electron chi connectivity index (χ2n) is 4.44. The quantitative estimate of drug-likeness (QED) is 0.785. The van der Waals surface area contributed by atoms with E-state index in [2.05, 4.69) is 18.7 Å². The Morgan fingerprint density at radius 2 is 2.21 bits per heavy atom. The van der Waals surface area contributed by atoms with Crippen LogP contribution in [0.1, 0.15) is 25.8 Å². The summed E-state index contributed by atoms with van der Waals surface area (Å²) < 4.78 is 5.18. The highest BCUT2D eigenvalue weighted by Crippen LogP contribution is 2.29. The number of nitrogens with zero attached hydrogens (tertiary/aromatic N) is 1. The number of halogens is 1. The Hall–Kier alpha value is -0.840. The molecule has 0 aliphatic rings. The monoisotopic (exact) mass is 300 g/mol. The van der Waals surface area contributed by atoms with Crippen molar-refractivity contribution in [3.63, 3.8) is 0 Å². The second-order valence-corrected chi connectivity index (χ2v) is 5.29. The summed E-state index contributed by atoms with van der Waals surface area (Å²) in [5.41, 5.74) is 7.54. The van der Waals surface area contributed by atoms with Crippen molar-refractivity contribution in [2.45, 2.75) is 26.3 Å². The normalized spacial score (nSPS) is 12.2. The third kappa shape index (κ3) is 4.06. The first kappa shape index (κ1) is 16.2. The first-order valence-corrected chi connectivity index (χ1v) is 7.15. The Kier molecular flexibility index (Phi) is 6.55. The molecule has 0 fully saturated rings. The van der Waals surface area contributed by atoms with Crippen LogP contribution >= 0.6 is 23.8 Å². The van der Waals surface area contributed by atoms with E-state index < -0.39 is 0 Å². The lowest BCUT2D eigenvalue weighted by molar-refractivity contribution is 0.203. The fourth-order valence-corrected chi connectivity index (χ4v) is 2.53. The molecule has 1 aromatic carbocycles. The highest BCUT2D eigenvalue weighted by molar-refractivity contribution is 7.80. The molecule has 0 spiro atoms. The van der Waals surface area contributed by atoms with Crippen molar-refractivity contribution >= 4 is 34.5 Å². The van der Waals surface area contributed by atoms with Crippen molar-refractivity contribution in [3.05, 3.63) is 28.8 Å². The van der Waals surface area contributed by atoms with Crippen LogP contribution < -0.4 is 10.6 Å². The molecule has 0 saturated carbocycles. The summed E-state index contributed by atoms with van der Waals surface area (Å²) in [5, 5.41) is 0.593. The van der Waals surface area contributed by atoms with Gasteiger partial charge >= 0.3 is 0 Å². The van der Waals surface area contributed by atoms with Gasteiger partial charge < -0.3 is 15.4 Å². The lowest BCUT2D eigenvalue weighted by Crippen LogP contribution is -2.37. The zero-order valence-electron chi connectivity index (χ0n) is 11.6. The molecule has 1 rings (SSSR count). The topological polar surface area (TPSA) is 38.5 Å². The van der Waals surface area contributed by atoms with Crippen LogP contribution in [-0.2, 0) is 4.74 Å². The van der Waals surface area contributed by atoms with Gasteiger partial charge in [-0.1, -0.05) is 36.8 Å². The standard InChI is InChI=1S/C14H21ClN2OS/c1-4-10(2)17(8-9-18-3)12-7-5-6-11(15)13(12)14(16)19/h5-7,10H,4,8-9H2,1-3H3,(H2,16,19). The van der Waals surface area contributed by atoms with Crippen molar-refractivity contribution in [1.82, 2.24) is 0 Å². The lowest BCUT2D eigenvalue weighted by atomic mass is 10.1. The minimum atomic E-state index is 0.325. The van der Waals surface area contributed by atoms with E-state index in [1.807, 2.05) is 18.2 Å². The number of nitrogens with two attached hydrogens (primary N) is 1. The van der Waals surface area contributed by atoms with E-state index in [4.69, 9.17) is 34.3 Å². The molecule has 106 valence electrons. The fraction of sp³-hybridized carbons (Fsp3) is 0.500. The van der Waals surface area contributed by atoms with Crippen molar-refractivity contribution in [2.24, 2.45) is 5.73 Å². The molecule has 2 N–H and O–H groups in total. The molecule has 0 aliphatic carbocycles. The van der Waals surface area contributed by atoms with Gasteiger partial charge in [-0.3, -0.25) is 0 Å². The van der Waals surface area contributed by atoms with Gasteiger partial charge in [0.05, 0.1) is 17.2 Å². The molecule has 0 aromatic heterocycles. The fourth-order valence-electron chi connectivity index (χ4n) is 1.98. The van der Waals surface area contributed by atoms with Crippen LogP contribution in [0.4, 0.5) is 5.69 Å². The first-order chi connectivity index (χ1) is 9.02. The van der Waals surface area contributed by atoms with Gasteiger partial charge in [0, 0.05) is 25.4 Å². The summed E-state index contributed by atoms with van der Waals surface area (Å²) in [4.78, 5) is 2.57. The van der Waals surface area contributed by atoms with Gasteiger partial charge in [-0.25, -0.2) is 0 Å². The molecule has 3 nitrogen and oxygen atoms in total. The third-order valence-electron chi connectivity index (χ3n) is 3.21. The van der Waals surface area contributed by atoms with Crippen molar-refractivity contribution in [2.75, 3.05) is 25.2 Å². The molecule has 1 unspecified atom stereocenters. The maximum atomic E-state index is 6.22. The third-order valence-corrected chi connectivity index (χ3v) is 3.73. The summed E-state index contributed by atoms with van der Waals surface area (Å²) in [5.74, 6) is 0. The first-order valence-electron chi connectivity index (χ1n) is 6.36. The number of rotatable bonds is 7. The van der Waals surface area contributed by atoms with Crippen molar-refractivity contribution in [1.29, 1.82) is 0 Å². The minimum Gasteiger partial charge on any atom is -0.389 e. The Bertz CT molecular complexity index is 439. The predicted octanol–water partition coefficient (Wildman–Crippen LogP) is 3.23. The van der Waals surface area contributed by atoms with Gasteiger partial charge in [-0.2, -0.15) is 0 Å². The van der Waals surface area contributed by atoms with Gasteiger partial charge in [0.2, 0.25) is 0 Å². The highest BCUT2D eigenvalue weighted by Gasteiger charge is 2.19. The summed E-state index contributed by atoms with van der Waals surface area (Å²) in [7, 11) is 1.70. The van der Waals surface area contributed by atoms with Crippen LogP contribution in [0.2, 0.25) is 5.02 Å². The number of benzene rings is 1. The van der Waals surface area contributed by atoms with Gasteiger partial charge in [-0.05, 0) is 25.5 Å². The summed E-state index contributed by atoms with van der Waals surface area (Å²) in [6.07, 6.45) is 1.02. The molecule has 0 radical (unpaired) electrons. The highest BCUT2D eigenvalue weighted by atomic mass is 35.5. The van der Waals surface area contributed by atoms with E-state index in [9.17, 15) is 0 Å². The predicted molar refractivity (Wildman–Crippen MR) is 86.3 cm³/mol. The van der Waals surface area contributed by atoms with E-state index in [1.165, 1.54) is 0 Å². The Morgan fingerprint density at radius 1 is 1.53 bits per heavy atom. The van der Waals surface area contributed by atoms with Gasteiger partial charge in [0.1, 0.15) is 4.99 Å². The molecule has 0 bridgehead atoms. The van der Waals surface area contributed by atoms with Crippen LogP contribution in [0.25, 0.3) is 0 Å². The second kappa shape index (κ2) is 7.68. The molecule has 0 aliphatic heterocycles. The van der Waals surface area contributed by atoms with Crippen LogP contribution in [-0.4, -0.2) is 31.3 Å². The van der Waals surface area contributed by atoms with E-state index in [0.29, 0.717) is 22.7 Å². The SMILES string of the molecule is CCC(C)N(CCOC)c1cccc(Cl)c1C(N)=S. The average Bonchev–Trinajstić information content (AvgIpc) is 2.38. The Labute approximate surface area is 125 Å². The largest absolute Gasteiger partial charge is 0.389 e. The zero-order chi connectivity index (χ0) is 14.4. The summed E-state index contributed by atoms with van der Waals surface area (Å²) >= 11 is 11.4. The van der Waals surface area contributed by atoms with E-state index >= 15 is 0 Å². The maximum absolute atomic E-state index is 6.22. The average molecular weight is 301 g/mol. The Morgan fingerprint density at radius 3 is 2.74 bits per heavy atom. The molecular formula is C14H21ClN2OS. The molecule has 19 heavy (non-hydrogen) atoms. The van der Waals surface area contributed by atoms with E-state index in [1.54, 1.807) is 7.11 Å². The van der Waals surface area contributed by atoms with Crippen LogP contribution in [0.15, 0.2) is 18.2 Å². The molecule has 0 amide bonds. The lowest BCUT2D eigenvalue weighted by Gasteiger charge is -2.32. The van der Waals surface area contributed by atoms with Crippen LogP contribution in [0, 0.1) is 0 Å². The Balaban J connectivity index is 3.21. The van der Waals surface area contributed by atoms with E-state index in [0.717, 1.165) is 24.2 Å². The number of hydrogen-bond acceptors (Lipinski definition) is 3. The van der Waals surface area contributed by atoms with Gasteiger partial charge in [-0.15, -0.1) is 0 Å². The molecule has 1 atom stereocenters. The summed E-state index contributed by atoms with van der Waals surface area (Å²) in [6, 6.07) is 6.09. The van der Waals surface area contributed by atoms with Crippen LogP contribution in [0.3, 0.4) is 0 Å². The number of methoxy groups -OCH3 is 1. The maximum Gasteiger partial charge on any atom is 0.107 e. The van der Waals surface area contributed by atoms with Crippen molar-refractivity contribution in [3.8, 4) is 0 Å². The summed E-state index contributed by atoms with van der Waals surface area (Å²) in [6.45, 7) is 5.74. The zero-order valence-corrected chi connectivity index (χ0v) is 13.2. The minimum absolute atomic E-state index is 0.325. The number of ether oxygens (including phenoxy) is 1. The van der Waals surface area contributed by atoms with Crippen molar-refractivity contribution < 1.29 is 4.74 Å². The number of thiocarbonyl (C=S) groups is 1. The van der Waals surface area contributed by atoms with E-state index in [-0.39, 0.29) is 0 Å². The molecule has 0 saturated heterocycles. The molecule has 5 heteroatoms. The number of anilines is 1. The van der Waals surface area contributed by atoms with Gasteiger partial charge in [0.15, 0.2) is 0 Å². The number of hydrogen-bond donors (Lipinski definition) is 1. The smallest absolute Gasteiger partial charge is 0.107 e. The van der Waals surface area contributed by atoms with Gasteiger partial charge in [0.25, 0.3) is 0 Å². The molecular weight excluding hydrogens is 280 g/mol.